The van der Waals surface area contributed by atoms with Gasteiger partial charge in [-0.3, -0.25) is 4.90 Å². The molecule has 1 aliphatic rings. The quantitative estimate of drug-likeness (QED) is 0.839. The predicted octanol–water partition coefficient (Wildman–Crippen LogP) is 2.56. The SMILES string of the molecule is CCN(CC)C1CCN(c2c(N)cc(N)c(Cl)c2F)C1. The molecule has 0 amide bonds. The zero-order valence-corrected chi connectivity index (χ0v) is 12.8. The lowest BCUT2D eigenvalue weighted by Crippen LogP contribution is -2.37. The number of anilines is 3. The fraction of sp³-hybridized carbons (Fsp3) is 0.571. The maximum absolute atomic E-state index is 14.3. The molecule has 0 radical (unpaired) electrons. The van der Waals surface area contributed by atoms with Crippen LogP contribution in [0.15, 0.2) is 6.07 Å². The Morgan fingerprint density at radius 2 is 2.00 bits per heavy atom. The highest BCUT2D eigenvalue weighted by atomic mass is 35.5. The molecule has 1 aliphatic heterocycles. The smallest absolute Gasteiger partial charge is 0.169 e. The third-order valence-electron chi connectivity index (χ3n) is 4.05. The summed E-state index contributed by atoms with van der Waals surface area (Å²) in [4.78, 5) is 4.35. The van der Waals surface area contributed by atoms with Crippen LogP contribution >= 0.6 is 11.6 Å². The Morgan fingerprint density at radius 1 is 1.35 bits per heavy atom. The Balaban J connectivity index is 2.25. The Morgan fingerprint density at radius 3 is 2.60 bits per heavy atom. The summed E-state index contributed by atoms with van der Waals surface area (Å²) in [7, 11) is 0. The second-order valence-corrected chi connectivity index (χ2v) is 5.52. The first-order valence-corrected chi connectivity index (χ1v) is 7.39. The number of nitrogen functional groups attached to an aromatic ring is 2. The third kappa shape index (κ3) is 2.65. The molecule has 6 heteroatoms. The van der Waals surface area contributed by atoms with Gasteiger partial charge in [-0.2, -0.15) is 0 Å². The third-order valence-corrected chi connectivity index (χ3v) is 4.43. The van der Waals surface area contributed by atoms with Crippen molar-refractivity contribution in [3.05, 3.63) is 16.9 Å². The van der Waals surface area contributed by atoms with Crippen LogP contribution in [-0.2, 0) is 0 Å². The van der Waals surface area contributed by atoms with Crippen molar-refractivity contribution in [2.75, 3.05) is 42.5 Å². The molecule has 0 saturated carbocycles. The van der Waals surface area contributed by atoms with Crippen LogP contribution in [-0.4, -0.2) is 37.1 Å². The van der Waals surface area contributed by atoms with E-state index in [2.05, 4.69) is 18.7 Å². The van der Waals surface area contributed by atoms with Gasteiger partial charge in [-0.15, -0.1) is 0 Å². The van der Waals surface area contributed by atoms with E-state index >= 15 is 0 Å². The lowest BCUT2D eigenvalue weighted by Gasteiger charge is -2.27. The first-order valence-electron chi connectivity index (χ1n) is 7.01. The van der Waals surface area contributed by atoms with Gasteiger partial charge in [0, 0.05) is 19.1 Å². The van der Waals surface area contributed by atoms with Gasteiger partial charge in [0.25, 0.3) is 0 Å². The average molecular weight is 301 g/mol. The maximum atomic E-state index is 14.3. The number of rotatable bonds is 4. The molecule has 1 aromatic carbocycles. The van der Waals surface area contributed by atoms with Crippen LogP contribution in [0.3, 0.4) is 0 Å². The molecule has 1 aromatic rings. The number of nitrogens with zero attached hydrogens (tertiary/aromatic N) is 2. The van der Waals surface area contributed by atoms with Crippen LogP contribution in [0.1, 0.15) is 20.3 Å². The minimum absolute atomic E-state index is 0.0412. The Labute approximate surface area is 124 Å². The number of halogens is 2. The van der Waals surface area contributed by atoms with E-state index < -0.39 is 5.82 Å². The summed E-state index contributed by atoms with van der Waals surface area (Å²) in [5.74, 6) is -0.510. The number of hydrogen-bond acceptors (Lipinski definition) is 4. The summed E-state index contributed by atoms with van der Waals surface area (Å²) in [5, 5.41) is -0.0412. The van der Waals surface area contributed by atoms with Gasteiger partial charge in [0.15, 0.2) is 5.82 Å². The van der Waals surface area contributed by atoms with Gasteiger partial charge >= 0.3 is 0 Å². The molecule has 4 nitrogen and oxygen atoms in total. The van der Waals surface area contributed by atoms with E-state index in [-0.39, 0.29) is 10.7 Å². The van der Waals surface area contributed by atoms with Crippen LogP contribution in [0.4, 0.5) is 21.5 Å². The number of benzene rings is 1. The van der Waals surface area contributed by atoms with Crippen molar-refractivity contribution in [1.29, 1.82) is 0 Å². The second-order valence-electron chi connectivity index (χ2n) is 5.14. The highest BCUT2D eigenvalue weighted by Crippen LogP contribution is 2.37. The second kappa shape index (κ2) is 6.06. The summed E-state index contributed by atoms with van der Waals surface area (Å²) in [6.45, 7) is 7.82. The maximum Gasteiger partial charge on any atom is 0.169 e. The van der Waals surface area contributed by atoms with Crippen LogP contribution < -0.4 is 16.4 Å². The summed E-state index contributed by atoms with van der Waals surface area (Å²) < 4.78 is 14.3. The minimum Gasteiger partial charge on any atom is -0.397 e. The van der Waals surface area contributed by atoms with Crippen molar-refractivity contribution < 1.29 is 4.39 Å². The van der Waals surface area contributed by atoms with Gasteiger partial charge in [0.05, 0.1) is 17.1 Å². The molecule has 1 fully saturated rings. The standard InChI is InChI=1S/C14H22ClFN4/c1-3-19(4-2)9-5-6-20(8-9)14-11(18)7-10(17)12(15)13(14)16/h7,9H,3-6,8,17-18H2,1-2H3. The molecular formula is C14H22ClFN4. The summed E-state index contributed by atoms with van der Waals surface area (Å²) in [5.41, 5.74) is 12.5. The molecule has 4 N–H and O–H groups in total. The van der Waals surface area contributed by atoms with E-state index in [9.17, 15) is 4.39 Å². The Bertz CT molecular complexity index is 491. The summed E-state index contributed by atoms with van der Waals surface area (Å²) in [6, 6.07) is 1.96. The van der Waals surface area contributed by atoms with E-state index in [4.69, 9.17) is 23.1 Å². The number of hydrogen-bond donors (Lipinski definition) is 2. The van der Waals surface area contributed by atoms with Crippen molar-refractivity contribution in [1.82, 2.24) is 4.90 Å². The molecule has 1 atom stereocenters. The Hall–Kier alpha value is -1.20. The van der Waals surface area contributed by atoms with Crippen LogP contribution in [0.5, 0.6) is 0 Å². The van der Waals surface area contributed by atoms with Gasteiger partial charge in [-0.1, -0.05) is 25.4 Å². The van der Waals surface area contributed by atoms with E-state index in [1.165, 1.54) is 6.07 Å². The van der Waals surface area contributed by atoms with Gasteiger partial charge in [-0.25, -0.2) is 4.39 Å². The largest absolute Gasteiger partial charge is 0.397 e. The first kappa shape index (κ1) is 15.2. The monoisotopic (exact) mass is 300 g/mol. The zero-order chi connectivity index (χ0) is 14.9. The molecule has 20 heavy (non-hydrogen) atoms. The van der Waals surface area contributed by atoms with Gasteiger partial charge < -0.3 is 16.4 Å². The van der Waals surface area contributed by atoms with E-state index in [0.717, 1.165) is 32.6 Å². The Kier molecular flexibility index (Phi) is 4.60. The number of likely N-dealkylation sites (N-methyl/N-ethyl adjacent to an activating group) is 1. The van der Waals surface area contributed by atoms with Gasteiger partial charge in [0.1, 0.15) is 5.02 Å². The fourth-order valence-electron chi connectivity index (χ4n) is 2.96. The van der Waals surface area contributed by atoms with E-state index in [1.54, 1.807) is 0 Å². The minimum atomic E-state index is -0.510. The normalized spacial score (nSPS) is 19.1. The molecule has 0 bridgehead atoms. The van der Waals surface area contributed by atoms with E-state index in [0.29, 0.717) is 17.4 Å². The average Bonchev–Trinajstić information content (AvgIpc) is 2.87. The highest BCUT2D eigenvalue weighted by Gasteiger charge is 2.30. The van der Waals surface area contributed by atoms with E-state index in [1.807, 2.05) is 4.90 Å². The van der Waals surface area contributed by atoms with Crippen molar-refractivity contribution in [2.45, 2.75) is 26.3 Å². The van der Waals surface area contributed by atoms with Crippen LogP contribution in [0, 0.1) is 5.82 Å². The lowest BCUT2D eigenvalue weighted by molar-refractivity contribution is 0.232. The number of nitrogens with two attached hydrogens (primary N) is 2. The zero-order valence-electron chi connectivity index (χ0n) is 12.0. The first-order chi connectivity index (χ1) is 9.49. The molecule has 1 heterocycles. The molecule has 2 rings (SSSR count). The molecule has 0 spiro atoms. The molecule has 0 aliphatic carbocycles. The van der Waals surface area contributed by atoms with Gasteiger partial charge in [-0.05, 0) is 25.6 Å². The van der Waals surface area contributed by atoms with Crippen LogP contribution in [0.2, 0.25) is 5.02 Å². The van der Waals surface area contributed by atoms with Crippen molar-refractivity contribution in [2.24, 2.45) is 0 Å². The lowest BCUT2D eigenvalue weighted by atomic mass is 10.2. The highest BCUT2D eigenvalue weighted by molar-refractivity contribution is 6.33. The molecule has 1 saturated heterocycles. The van der Waals surface area contributed by atoms with Gasteiger partial charge in [0.2, 0.25) is 0 Å². The van der Waals surface area contributed by atoms with Crippen molar-refractivity contribution >= 4 is 28.7 Å². The van der Waals surface area contributed by atoms with Crippen LogP contribution in [0.25, 0.3) is 0 Å². The predicted molar refractivity (Wildman–Crippen MR) is 83.8 cm³/mol. The fourth-order valence-corrected chi connectivity index (χ4v) is 3.11. The topological polar surface area (TPSA) is 58.5 Å². The molecule has 112 valence electrons. The summed E-state index contributed by atoms with van der Waals surface area (Å²) >= 11 is 5.89. The van der Waals surface area contributed by atoms with Crippen molar-refractivity contribution in [3.8, 4) is 0 Å². The molecule has 1 unspecified atom stereocenters. The summed E-state index contributed by atoms with van der Waals surface area (Å²) in [6.07, 6.45) is 1.00. The molecule has 0 aromatic heterocycles. The molecular weight excluding hydrogens is 279 g/mol. The van der Waals surface area contributed by atoms with Crippen molar-refractivity contribution in [3.63, 3.8) is 0 Å².